The zero-order valence-electron chi connectivity index (χ0n) is 12.6. The Labute approximate surface area is 131 Å². The van der Waals surface area contributed by atoms with E-state index >= 15 is 0 Å². The summed E-state index contributed by atoms with van der Waals surface area (Å²) in [6.45, 7) is 2.92. The molecule has 0 heterocycles. The summed E-state index contributed by atoms with van der Waals surface area (Å²) >= 11 is 3.30. The number of nitrogens with zero attached hydrogens (tertiary/aromatic N) is 1. The van der Waals surface area contributed by atoms with E-state index in [0.717, 1.165) is 0 Å². The number of carboxylic acids is 1. The van der Waals surface area contributed by atoms with Crippen molar-refractivity contribution in [3.63, 3.8) is 0 Å². The predicted molar refractivity (Wildman–Crippen MR) is 81.1 cm³/mol. The third-order valence-electron chi connectivity index (χ3n) is 3.35. The molecule has 116 valence electrons. The van der Waals surface area contributed by atoms with Crippen molar-refractivity contribution in [3.05, 3.63) is 22.2 Å². The zero-order chi connectivity index (χ0) is 16.4. The number of carboxylic acid groups (broad SMARTS) is 1. The van der Waals surface area contributed by atoms with Crippen LogP contribution in [0.3, 0.4) is 0 Å². The number of likely N-dealkylation sites (N-methyl/N-ethyl adjacent to an activating group) is 1. The average Bonchev–Trinajstić information content (AvgIpc) is 2.44. The molecule has 1 rings (SSSR count). The minimum Gasteiger partial charge on any atom is -0.493 e. The van der Waals surface area contributed by atoms with Gasteiger partial charge in [-0.15, -0.1) is 0 Å². The Kier molecular flexibility index (Phi) is 5.22. The summed E-state index contributed by atoms with van der Waals surface area (Å²) in [5.41, 5.74) is -1.02. The van der Waals surface area contributed by atoms with E-state index in [-0.39, 0.29) is 0 Å². The molecule has 7 heteroatoms. The first-order chi connectivity index (χ1) is 9.66. The fourth-order valence-corrected chi connectivity index (χ4v) is 2.24. The molecular weight excluding hydrogens is 342 g/mol. The number of ether oxygens (including phenoxy) is 2. The van der Waals surface area contributed by atoms with E-state index in [2.05, 4.69) is 15.9 Å². The van der Waals surface area contributed by atoms with Gasteiger partial charge in [-0.25, -0.2) is 4.79 Å². The van der Waals surface area contributed by atoms with Crippen LogP contribution >= 0.6 is 15.9 Å². The fourth-order valence-electron chi connectivity index (χ4n) is 1.63. The summed E-state index contributed by atoms with van der Waals surface area (Å²) in [6.07, 6.45) is 0. The number of aliphatic carboxylic acids is 1. The van der Waals surface area contributed by atoms with Crippen LogP contribution in [0.25, 0.3) is 0 Å². The van der Waals surface area contributed by atoms with Crippen molar-refractivity contribution in [1.29, 1.82) is 0 Å². The molecule has 0 aliphatic heterocycles. The minimum atomic E-state index is -1.32. The van der Waals surface area contributed by atoms with E-state index in [1.165, 1.54) is 46.1 Å². The molecule has 0 aromatic heterocycles. The second-order valence-corrected chi connectivity index (χ2v) is 5.78. The average molecular weight is 360 g/mol. The van der Waals surface area contributed by atoms with Crippen molar-refractivity contribution in [1.82, 2.24) is 4.90 Å². The van der Waals surface area contributed by atoms with Crippen molar-refractivity contribution in [2.45, 2.75) is 19.4 Å². The number of carbonyl (C=O) groups is 2. The quantitative estimate of drug-likeness (QED) is 0.873. The van der Waals surface area contributed by atoms with Crippen LogP contribution in [0.15, 0.2) is 16.6 Å². The van der Waals surface area contributed by atoms with Gasteiger partial charge in [0.1, 0.15) is 5.54 Å². The van der Waals surface area contributed by atoms with Crippen molar-refractivity contribution >= 4 is 27.8 Å². The molecular formula is C14H18BrNO5. The third kappa shape index (κ3) is 3.29. The second kappa shape index (κ2) is 6.34. The van der Waals surface area contributed by atoms with Gasteiger partial charge < -0.3 is 19.5 Å². The van der Waals surface area contributed by atoms with Crippen molar-refractivity contribution in [2.24, 2.45) is 0 Å². The van der Waals surface area contributed by atoms with Gasteiger partial charge in [-0.05, 0) is 41.9 Å². The summed E-state index contributed by atoms with van der Waals surface area (Å²) < 4.78 is 10.9. The van der Waals surface area contributed by atoms with Gasteiger partial charge in [0.25, 0.3) is 5.91 Å². The van der Waals surface area contributed by atoms with Crippen LogP contribution in [-0.4, -0.2) is 48.7 Å². The first kappa shape index (κ1) is 17.3. The van der Waals surface area contributed by atoms with E-state index in [1.807, 2.05) is 0 Å². The summed E-state index contributed by atoms with van der Waals surface area (Å²) in [4.78, 5) is 24.9. The minimum absolute atomic E-state index is 0.302. The Morgan fingerprint density at radius 2 is 1.81 bits per heavy atom. The molecule has 0 saturated heterocycles. The Bertz CT molecular complexity index is 571. The molecule has 0 spiro atoms. The first-order valence-electron chi connectivity index (χ1n) is 6.09. The lowest BCUT2D eigenvalue weighted by Crippen LogP contribution is -2.50. The maximum Gasteiger partial charge on any atom is 0.329 e. The topological polar surface area (TPSA) is 76.1 Å². The van der Waals surface area contributed by atoms with Gasteiger partial charge in [-0.1, -0.05) is 0 Å². The number of rotatable bonds is 5. The summed E-state index contributed by atoms with van der Waals surface area (Å²) in [7, 11) is 4.40. The zero-order valence-corrected chi connectivity index (χ0v) is 14.1. The summed E-state index contributed by atoms with van der Waals surface area (Å²) in [6, 6.07) is 3.08. The van der Waals surface area contributed by atoms with E-state index in [0.29, 0.717) is 21.5 Å². The van der Waals surface area contributed by atoms with Crippen LogP contribution in [0.4, 0.5) is 0 Å². The Hall–Kier alpha value is -1.76. The van der Waals surface area contributed by atoms with Crippen LogP contribution in [0.5, 0.6) is 11.5 Å². The second-order valence-electron chi connectivity index (χ2n) is 4.92. The monoisotopic (exact) mass is 359 g/mol. The Morgan fingerprint density at radius 3 is 2.24 bits per heavy atom. The molecule has 1 N–H and O–H groups in total. The number of benzene rings is 1. The Morgan fingerprint density at radius 1 is 1.24 bits per heavy atom. The van der Waals surface area contributed by atoms with E-state index in [1.54, 1.807) is 6.07 Å². The molecule has 1 aromatic rings. The highest BCUT2D eigenvalue weighted by molar-refractivity contribution is 9.10. The lowest BCUT2D eigenvalue weighted by molar-refractivity contribution is -0.147. The van der Waals surface area contributed by atoms with Crippen molar-refractivity contribution < 1.29 is 24.2 Å². The van der Waals surface area contributed by atoms with Gasteiger partial charge in [0, 0.05) is 12.6 Å². The molecule has 1 aromatic carbocycles. The molecule has 0 bridgehead atoms. The highest BCUT2D eigenvalue weighted by Crippen LogP contribution is 2.36. The number of amides is 1. The molecule has 0 atom stereocenters. The molecule has 0 aliphatic rings. The van der Waals surface area contributed by atoms with Gasteiger partial charge in [0.15, 0.2) is 11.5 Å². The van der Waals surface area contributed by atoms with Crippen LogP contribution in [0.2, 0.25) is 0 Å². The van der Waals surface area contributed by atoms with Crippen LogP contribution in [0.1, 0.15) is 24.2 Å². The standard InChI is InChI=1S/C14H18BrNO5/c1-14(2,13(18)19)16(3)12(17)8-6-9(15)11(21-5)10(7-8)20-4/h6-7H,1-5H3,(H,18,19). The Balaban J connectivity index is 3.26. The lowest BCUT2D eigenvalue weighted by Gasteiger charge is -2.31. The van der Waals surface area contributed by atoms with Gasteiger partial charge in [0.2, 0.25) is 0 Å². The number of halogens is 1. The first-order valence-corrected chi connectivity index (χ1v) is 6.89. The van der Waals surface area contributed by atoms with E-state index < -0.39 is 17.4 Å². The van der Waals surface area contributed by atoms with Crippen molar-refractivity contribution in [2.75, 3.05) is 21.3 Å². The number of hydrogen-bond donors (Lipinski definition) is 1. The molecule has 6 nitrogen and oxygen atoms in total. The van der Waals surface area contributed by atoms with Crippen molar-refractivity contribution in [3.8, 4) is 11.5 Å². The van der Waals surface area contributed by atoms with Gasteiger partial charge in [-0.2, -0.15) is 0 Å². The highest BCUT2D eigenvalue weighted by Gasteiger charge is 2.36. The highest BCUT2D eigenvalue weighted by atomic mass is 79.9. The van der Waals surface area contributed by atoms with Crippen LogP contribution in [0, 0.1) is 0 Å². The largest absolute Gasteiger partial charge is 0.493 e. The number of hydrogen-bond acceptors (Lipinski definition) is 4. The molecule has 1 amide bonds. The molecule has 0 unspecified atom stereocenters. The van der Waals surface area contributed by atoms with Gasteiger partial charge in [0.05, 0.1) is 18.7 Å². The molecule has 0 radical (unpaired) electrons. The van der Waals surface area contributed by atoms with Gasteiger partial charge in [-0.3, -0.25) is 4.79 Å². The SMILES string of the molecule is COc1cc(C(=O)N(C)C(C)(C)C(=O)O)cc(Br)c1OC. The maximum atomic E-state index is 12.5. The summed E-state index contributed by atoms with van der Waals surface area (Å²) in [5.74, 6) is -0.659. The number of methoxy groups -OCH3 is 2. The molecule has 21 heavy (non-hydrogen) atoms. The van der Waals surface area contributed by atoms with E-state index in [9.17, 15) is 14.7 Å². The van der Waals surface area contributed by atoms with Gasteiger partial charge >= 0.3 is 5.97 Å². The predicted octanol–water partition coefficient (Wildman–Crippen LogP) is 2.40. The lowest BCUT2D eigenvalue weighted by atomic mass is 10.0. The molecule has 0 fully saturated rings. The smallest absolute Gasteiger partial charge is 0.329 e. The van der Waals surface area contributed by atoms with E-state index in [4.69, 9.17) is 9.47 Å². The van der Waals surface area contributed by atoms with Crippen LogP contribution < -0.4 is 9.47 Å². The maximum absolute atomic E-state index is 12.5. The fraction of sp³-hybridized carbons (Fsp3) is 0.429. The molecule has 0 aliphatic carbocycles. The normalized spacial score (nSPS) is 11.0. The summed E-state index contributed by atoms with van der Waals surface area (Å²) in [5, 5.41) is 9.20. The number of carbonyl (C=O) groups excluding carboxylic acids is 1. The third-order valence-corrected chi connectivity index (χ3v) is 3.94. The molecule has 0 saturated carbocycles. The van der Waals surface area contributed by atoms with Crippen LogP contribution in [-0.2, 0) is 4.79 Å².